The van der Waals surface area contributed by atoms with Gasteiger partial charge in [-0.15, -0.1) is 0 Å². The molecule has 7 rings (SSSR count). The summed E-state index contributed by atoms with van der Waals surface area (Å²) in [6.07, 6.45) is 1.97. The van der Waals surface area contributed by atoms with Gasteiger partial charge in [0.05, 0.1) is 31.2 Å². The Hall–Kier alpha value is -4.67. The van der Waals surface area contributed by atoms with Crippen molar-refractivity contribution in [3.63, 3.8) is 0 Å². The van der Waals surface area contributed by atoms with Crippen molar-refractivity contribution in [1.29, 1.82) is 0 Å². The van der Waals surface area contributed by atoms with Gasteiger partial charge in [-0.05, 0) is 92.1 Å². The van der Waals surface area contributed by atoms with Gasteiger partial charge in [0.15, 0.2) is 0 Å². The molecule has 242 valence electrons. The second kappa shape index (κ2) is 12.2. The summed E-state index contributed by atoms with van der Waals surface area (Å²) in [5.41, 5.74) is 7.65. The monoisotopic (exact) mass is 655 g/mol. The Labute approximate surface area is 276 Å². The van der Waals surface area contributed by atoms with E-state index in [0.717, 1.165) is 61.9 Å². The number of fused-ring (bicyclic) bond motifs is 8. The van der Waals surface area contributed by atoms with Gasteiger partial charge in [0.1, 0.15) is 17.3 Å². The van der Waals surface area contributed by atoms with Gasteiger partial charge in [-0.3, -0.25) is 9.36 Å². The Bertz CT molecular complexity index is 2200. The second-order valence-corrected chi connectivity index (χ2v) is 12.6. The minimum Gasteiger partial charge on any atom is -0.493 e. The first-order chi connectivity index (χ1) is 22.6. The Balaban J connectivity index is 1.36. The van der Waals surface area contributed by atoms with Crippen LogP contribution in [0.3, 0.4) is 0 Å². The van der Waals surface area contributed by atoms with E-state index in [0.29, 0.717) is 48.0 Å². The normalized spacial score (nSPS) is 14.3. The van der Waals surface area contributed by atoms with E-state index in [-0.39, 0.29) is 24.7 Å². The van der Waals surface area contributed by atoms with Gasteiger partial charge in [-0.2, -0.15) is 10.2 Å². The van der Waals surface area contributed by atoms with Gasteiger partial charge in [0.25, 0.3) is 0 Å². The number of aryl methyl sites for hydroxylation is 6. The number of aromatic carboxylic acids is 1. The highest BCUT2D eigenvalue weighted by Gasteiger charge is 2.27. The van der Waals surface area contributed by atoms with Crippen LogP contribution in [-0.2, 0) is 51.4 Å². The molecule has 47 heavy (non-hydrogen) atoms. The molecule has 0 amide bonds. The maximum absolute atomic E-state index is 14.3. The van der Waals surface area contributed by atoms with E-state index in [1.807, 2.05) is 67.5 Å². The van der Waals surface area contributed by atoms with Crippen LogP contribution in [0.5, 0.6) is 5.75 Å². The summed E-state index contributed by atoms with van der Waals surface area (Å²) in [4.78, 5) is 12.7. The van der Waals surface area contributed by atoms with Crippen LogP contribution in [0, 0.1) is 19.7 Å². The zero-order valence-corrected chi connectivity index (χ0v) is 27.5. The van der Waals surface area contributed by atoms with E-state index in [9.17, 15) is 14.3 Å². The summed E-state index contributed by atoms with van der Waals surface area (Å²) in [5, 5.41) is 22.7. The maximum atomic E-state index is 14.3. The lowest BCUT2D eigenvalue weighted by Crippen LogP contribution is -2.12. The van der Waals surface area contributed by atoms with E-state index in [4.69, 9.17) is 26.2 Å². The highest BCUT2D eigenvalue weighted by molar-refractivity contribution is 6.35. The van der Waals surface area contributed by atoms with Gasteiger partial charge in [-0.1, -0.05) is 17.7 Å². The molecule has 8 bridgehead atoms. The van der Waals surface area contributed by atoms with Crippen molar-refractivity contribution in [2.75, 3.05) is 6.61 Å². The molecule has 6 aromatic rings. The van der Waals surface area contributed by atoms with E-state index in [1.54, 1.807) is 10.7 Å². The van der Waals surface area contributed by atoms with Gasteiger partial charge in [-0.25, -0.2) is 9.18 Å². The van der Waals surface area contributed by atoms with Crippen LogP contribution in [0.25, 0.3) is 32.8 Å². The summed E-state index contributed by atoms with van der Waals surface area (Å²) >= 11 is 6.94. The minimum atomic E-state index is -1.02. The number of hydrogen-bond acceptors (Lipinski definition) is 5. The Morgan fingerprint density at radius 3 is 2.62 bits per heavy atom. The topological polar surface area (TPSA) is 96.3 Å². The van der Waals surface area contributed by atoms with Gasteiger partial charge >= 0.3 is 5.97 Å². The number of ether oxygens (including phenoxy) is 2. The molecule has 0 atom stereocenters. The zero-order valence-electron chi connectivity index (χ0n) is 26.7. The molecule has 0 saturated heterocycles. The molecule has 9 nitrogen and oxygen atoms in total. The van der Waals surface area contributed by atoms with Crippen molar-refractivity contribution >= 4 is 39.2 Å². The number of benzene rings is 3. The molecule has 0 fully saturated rings. The fourth-order valence-electron chi connectivity index (χ4n) is 6.90. The van der Waals surface area contributed by atoms with Crippen molar-refractivity contribution in [3.8, 4) is 16.9 Å². The molecule has 1 aliphatic heterocycles. The number of carboxylic acids is 1. The number of hydrogen-bond donors (Lipinski definition) is 1. The average molecular weight is 656 g/mol. The number of halogens is 2. The summed E-state index contributed by atoms with van der Waals surface area (Å²) < 4.78 is 32.3. The standard InChI is InChI=1S/C36H35ClFN5O4/c1-20-32-30-11-10-28(37)34(32)33-21(2)41(3)40-29(33)19-46-18-25-17-26(42(4)39-25)8-6-22-14-23-16-24(38)7-9-27(23)31(15-22)47-13-5-12-43(30)35(20)36(44)45/h7,9-11,14-17H,5-6,8,12-13,18-19H2,1-4H3,(H,44,45). The molecule has 0 radical (unpaired) electrons. The lowest BCUT2D eigenvalue weighted by atomic mass is 9.97. The third-order valence-corrected chi connectivity index (χ3v) is 9.50. The summed E-state index contributed by atoms with van der Waals surface area (Å²) in [6.45, 7) is 5.05. The number of carboxylic acid groups (broad SMARTS) is 1. The molecule has 11 heteroatoms. The molecule has 0 unspecified atom stereocenters. The highest BCUT2D eigenvalue weighted by atomic mass is 35.5. The summed E-state index contributed by atoms with van der Waals surface area (Å²) in [7, 11) is 3.80. The molecule has 4 heterocycles. The molecule has 0 spiro atoms. The van der Waals surface area contributed by atoms with Crippen molar-refractivity contribution in [2.45, 2.75) is 52.9 Å². The average Bonchev–Trinajstić information content (AvgIpc) is 3.63. The van der Waals surface area contributed by atoms with Crippen LogP contribution in [-0.4, -0.2) is 41.8 Å². The Morgan fingerprint density at radius 2 is 1.81 bits per heavy atom. The fourth-order valence-corrected chi connectivity index (χ4v) is 7.15. The van der Waals surface area contributed by atoms with Crippen molar-refractivity contribution in [3.05, 3.63) is 99.0 Å². The largest absolute Gasteiger partial charge is 0.493 e. The highest BCUT2D eigenvalue weighted by Crippen LogP contribution is 2.42. The summed E-state index contributed by atoms with van der Waals surface area (Å²) in [6, 6.07) is 14.5. The Morgan fingerprint density at radius 1 is 0.979 bits per heavy atom. The van der Waals surface area contributed by atoms with Gasteiger partial charge in [0.2, 0.25) is 0 Å². The molecular formula is C36H35ClFN5O4. The smallest absolute Gasteiger partial charge is 0.352 e. The first-order valence-corrected chi connectivity index (χ1v) is 16.0. The number of rotatable bonds is 1. The van der Waals surface area contributed by atoms with Crippen LogP contribution < -0.4 is 4.74 Å². The first kappa shape index (κ1) is 31.0. The van der Waals surface area contributed by atoms with E-state index in [1.165, 1.54) is 12.1 Å². The third-order valence-electron chi connectivity index (χ3n) is 9.19. The molecule has 3 aromatic carbocycles. The van der Waals surface area contributed by atoms with Crippen LogP contribution in [0.4, 0.5) is 4.39 Å². The SMILES string of the molecule is Cc1c(C(=O)O)n2c3ccc(Cl)c(c13)-c1c(nn(C)c1C)COCc1cc(n(C)n1)CCc1cc(c3ccc(F)cc3c1)OCCC2. The lowest BCUT2D eigenvalue weighted by Gasteiger charge is -2.14. The van der Waals surface area contributed by atoms with Gasteiger partial charge < -0.3 is 19.1 Å². The zero-order chi connectivity index (χ0) is 33.0. The van der Waals surface area contributed by atoms with Crippen LogP contribution >= 0.6 is 11.6 Å². The Kier molecular flexibility index (Phi) is 8.01. The van der Waals surface area contributed by atoms with Crippen molar-refractivity contribution < 1.29 is 23.8 Å². The molecule has 0 saturated carbocycles. The molecule has 0 aliphatic carbocycles. The summed E-state index contributed by atoms with van der Waals surface area (Å²) in [5.74, 6) is -0.654. The maximum Gasteiger partial charge on any atom is 0.352 e. The lowest BCUT2D eigenvalue weighted by molar-refractivity contribution is 0.0684. The number of aromatic nitrogens is 5. The predicted molar refractivity (Wildman–Crippen MR) is 179 cm³/mol. The van der Waals surface area contributed by atoms with E-state index < -0.39 is 5.97 Å². The van der Waals surface area contributed by atoms with Crippen LogP contribution in [0.2, 0.25) is 5.02 Å². The number of carbonyl (C=O) groups is 1. The molecular weight excluding hydrogens is 621 g/mol. The quantitative estimate of drug-likeness (QED) is 0.199. The molecule has 3 aromatic heterocycles. The van der Waals surface area contributed by atoms with Gasteiger partial charge in [0, 0.05) is 64.5 Å². The third kappa shape index (κ3) is 5.55. The van der Waals surface area contributed by atoms with E-state index >= 15 is 0 Å². The molecule has 1 N–H and O–H groups in total. The first-order valence-electron chi connectivity index (χ1n) is 15.6. The predicted octanol–water partition coefficient (Wildman–Crippen LogP) is 7.32. The fraction of sp³-hybridized carbons (Fsp3) is 0.306. The van der Waals surface area contributed by atoms with Crippen LogP contribution in [0.1, 0.15) is 50.8 Å². The van der Waals surface area contributed by atoms with Crippen LogP contribution in [0.15, 0.2) is 48.5 Å². The van der Waals surface area contributed by atoms with E-state index in [2.05, 4.69) is 5.10 Å². The second-order valence-electron chi connectivity index (χ2n) is 12.2. The number of nitrogens with zero attached hydrogens (tertiary/aromatic N) is 5. The van der Waals surface area contributed by atoms with Crippen molar-refractivity contribution in [1.82, 2.24) is 24.1 Å². The molecule has 1 aliphatic rings. The van der Waals surface area contributed by atoms with Crippen molar-refractivity contribution in [2.24, 2.45) is 14.1 Å². The minimum absolute atomic E-state index is 0.207.